The number of nitrogens with zero attached hydrogens (tertiary/aromatic N) is 4. The summed E-state index contributed by atoms with van der Waals surface area (Å²) in [5, 5.41) is 16.8. The van der Waals surface area contributed by atoms with Crippen LogP contribution < -0.4 is 0 Å². The van der Waals surface area contributed by atoms with E-state index in [1.54, 1.807) is 30.1 Å². The SMILES string of the molecule is CSCc1nnc2ccc(C#N)cn12. The number of aromatic nitrogens is 3. The van der Waals surface area contributed by atoms with Crippen LogP contribution >= 0.6 is 11.8 Å². The lowest BCUT2D eigenvalue weighted by Gasteiger charge is -1.97. The minimum absolute atomic E-state index is 0.625. The molecule has 2 aromatic heterocycles. The molecule has 0 radical (unpaired) electrons. The number of hydrogen-bond donors (Lipinski definition) is 0. The molecule has 0 aromatic carbocycles. The molecule has 0 saturated carbocycles. The minimum atomic E-state index is 0.625. The average molecular weight is 204 g/mol. The summed E-state index contributed by atoms with van der Waals surface area (Å²) >= 11 is 1.68. The van der Waals surface area contributed by atoms with E-state index in [4.69, 9.17) is 5.26 Å². The highest BCUT2D eigenvalue weighted by molar-refractivity contribution is 7.97. The van der Waals surface area contributed by atoms with Crippen molar-refractivity contribution in [2.45, 2.75) is 5.75 Å². The number of hydrogen-bond acceptors (Lipinski definition) is 4. The van der Waals surface area contributed by atoms with Crippen molar-refractivity contribution < 1.29 is 0 Å². The molecule has 0 saturated heterocycles. The molecule has 14 heavy (non-hydrogen) atoms. The van der Waals surface area contributed by atoms with Gasteiger partial charge in [0.25, 0.3) is 0 Å². The van der Waals surface area contributed by atoms with E-state index in [2.05, 4.69) is 16.3 Å². The van der Waals surface area contributed by atoms with Crippen molar-refractivity contribution in [2.75, 3.05) is 6.26 Å². The third-order valence-electron chi connectivity index (χ3n) is 1.88. The third kappa shape index (κ3) is 1.44. The summed E-state index contributed by atoms with van der Waals surface area (Å²) in [6.07, 6.45) is 3.77. The van der Waals surface area contributed by atoms with Gasteiger partial charge in [0.2, 0.25) is 0 Å². The summed E-state index contributed by atoms with van der Waals surface area (Å²) < 4.78 is 1.86. The Balaban J connectivity index is 2.59. The van der Waals surface area contributed by atoms with Crippen LogP contribution in [0, 0.1) is 11.3 Å². The molecule has 0 fully saturated rings. The summed E-state index contributed by atoms with van der Waals surface area (Å²) in [5.41, 5.74) is 1.41. The molecule has 0 aliphatic heterocycles. The van der Waals surface area contributed by atoms with E-state index in [9.17, 15) is 0 Å². The summed E-state index contributed by atoms with van der Waals surface area (Å²) in [6, 6.07) is 5.64. The van der Waals surface area contributed by atoms with E-state index < -0.39 is 0 Å². The van der Waals surface area contributed by atoms with Crippen LogP contribution in [-0.4, -0.2) is 20.9 Å². The Labute approximate surface area is 85.6 Å². The topological polar surface area (TPSA) is 54.0 Å². The van der Waals surface area contributed by atoms with Crippen LogP contribution in [0.2, 0.25) is 0 Å². The Morgan fingerprint density at radius 1 is 1.50 bits per heavy atom. The van der Waals surface area contributed by atoms with Gasteiger partial charge in [-0.1, -0.05) is 0 Å². The van der Waals surface area contributed by atoms with Crippen LogP contribution in [0.15, 0.2) is 18.3 Å². The second-order valence-corrected chi connectivity index (χ2v) is 3.67. The minimum Gasteiger partial charge on any atom is -0.284 e. The predicted molar refractivity (Wildman–Crippen MR) is 54.9 cm³/mol. The maximum Gasteiger partial charge on any atom is 0.160 e. The van der Waals surface area contributed by atoms with Gasteiger partial charge in [-0.2, -0.15) is 17.0 Å². The van der Waals surface area contributed by atoms with E-state index in [-0.39, 0.29) is 0 Å². The first kappa shape index (κ1) is 9.03. The summed E-state index contributed by atoms with van der Waals surface area (Å²) in [4.78, 5) is 0. The maximum atomic E-state index is 8.75. The Bertz CT molecular complexity index is 497. The van der Waals surface area contributed by atoms with Gasteiger partial charge in [-0.3, -0.25) is 4.40 Å². The van der Waals surface area contributed by atoms with Gasteiger partial charge in [-0.15, -0.1) is 10.2 Å². The van der Waals surface area contributed by atoms with Crippen LogP contribution in [0.25, 0.3) is 5.65 Å². The molecule has 0 aliphatic rings. The van der Waals surface area contributed by atoms with E-state index in [0.717, 1.165) is 17.2 Å². The number of thioether (sulfide) groups is 1. The van der Waals surface area contributed by atoms with Crippen LogP contribution in [0.4, 0.5) is 0 Å². The van der Waals surface area contributed by atoms with Crippen molar-refractivity contribution in [3.8, 4) is 6.07 Å². The van der Waals surface area contributed by atoms with Crippen molar-refractivity contribution in [1.82, 2.24) is 14.6 Å². The second kappa shape index (κ2) is 3.68. The summed E-state index contributed by atoms with van der Waals surface area (Å²) in [5.74, 6) is 1.68. The molecule has 4 nitrogen and oxygen atoms in total. The normalized spacial score (nSPS) is 10.3. The number of fused-ring (bicyclic) bond motifs is 1. The van der Waals surface area contributed by atoms with Gasteiger partial charge in [0.1, 0.15) is 11.9 Å². The molecule has 2 aromatic rings. The van der Waals surface area contributed by atoms with Crippen molar-refractivity contribution >= 4 is 17.4 Å². The highest BCUT2D eigenvalue weighted by atomic mass is 32.2. The number of pyridine rings is 1. The fourth-order valence-corrected chi connectivity index (χ4v) is 1.69. The zero-order chi connectivity index (χ0) is 9.97. The standard InChI is InChI=1S/C9H8N4S/c1-14-6-9-12-11-8-3-2-7(4-10)5-13(8)9/h2-3,5H,6H2,1H3. The Hall–Kier alpha value is -1.54. The van der Waals surface area contributed by atoms with Crippen molar-refractivity contribution in [3.63, 3.8) is 0 Å². The van der Waals surface area contributed by atoms with Gasteiger partial charge in [0.05, 0.1) is 11.3 Å². The lowest BCUT2D eigenvalue weighted by Crippen LogP contribution is -1.92. The average Bonchev–Trinajstić information content (AvgIpc) is 2.61. The van der Waals surface area contributed by atoms with Crippen LogP contribution in [-0.2, 0) is 5.75 Å². The van der Waals surface area contributed by atoms with E-state index in [1.807, 2.05) is 10.7 Å². The van der Waals surface area contributed by atoms with E-state index in [1.165, 1.54) is 0 Å². The first-order chi connectivity index (χ1) is 6.85. The number of rotatable bonds is 2. The van der Waals surface area contributed by atoms with Gasteiger partial charge in [0.15, 0.2) is 5.65 Å². The lowest BCUT2D eigenvalue weighted by molar-refractivity contribution is 0.989. The van der Waals surface area contributed by atoms with E-state index in [0.29, 0.717) is 5.56 Å². The molecule has 0 aliphatic carbocycles. The quantitative estimate of drug-likeness (QED) is 0.743. The van der Waals surface area contributed by atoms with Gasteiger partial charge < -0.3 is 0 Å². The van der Waals surface area contributed by atoms with Crippen molar-refractivity contribution in [2.24, 2.45) is 0 Å². The fraction of sp³-hybridized carbons (Fsp3) is 0.222. The Kier molecular flexibility index (Phi) is 2.37. The smallest absolute Gasteiger partial charge is 0.160 e. The molecule has 2 rings (SSSR count). The van der Waals surface area contributed by atoms with Gasteiger partial charge >= 0.3 is 0 Å². The Morgan fingerprint density at radius 2 is 2.36 bits per heavy atom. The largest absolute Gasteiger partial charge is 0.284 e. The predicted octanol–water partition coefficient (Wildman–Crippen LogP) is 1.46. The molecule has 70 valence electrons. The third-order valence-corrected chi connectivity index (χ3v) is 2.42. The van der Waals surface area contributed by atoms with Crippen molar-refractivity contribution in [1.29, 1.82) is 5.26 Å². The summed E-state index contributed by atoms with van der Waals surface area (Å²) in [7, 11) is 0. The molecule has 0 N–H and O–H groups in total. The highest BCUT2D eigenvalue weighted by Gasteiger charge is 2.04. The van der Waals surface area contributed by atoms with Gasteiger partial charge in [-0.05, 0) is 18.4 Å². The van der Waals surface area contributed by atoms with Gasteiger partial charge in [-0.25, -0.2) is 0 Å². The molecule has 0 bridgehead atoms. The van der Waals surface area contributed by atoms with Crippen LogP contribution in [0.3, 0.4) is 0 Å². The zero-order valence-electron chi connectivity index (χ0n) is 7.64. The highest BCUT2D eigenvalue weighted by Crippen LogP contribution is 2.10. The molecule has 5 heteroatoms. The van der Waals surface area contributed by atoms with Crippen LogP contribution in [0.5, 0.6) is 0 Å². The molecule has 0 amide bonds. The van der Waals surface area contributed by atoms with E-state index >= 15 is 0 Å². The monoisotopic (exact) mass is 204 g/mol. The second-order valence-electron chi connectivity index (χ2n) is 2.81. The van der Waals surface area contributed by atoms with Gasteiger partial charge in [0, 0.05) is 6.20 Å². The number of nitriles is 1. The molecule has 0 unspecified atom stereocenters. The molecular weight excluding hydrogens is 196 g/mol. The Morgan fingerprint density at radius 3 is 3.07 bits per heavy atom. The zero-order valence-corrected chi connectivity index (χ0v) is 8.45. The first-order valence-corrected chi connectivity index (χ1v) is 5.47. The molecule has 0 spiro atoms. The molecule has 0 atom stereocenters. The molecule has 2 heterocycles. The lowest BCUT2D eigenvalue weighted by atomic mass is 10.3. The fourth-order valence-electron chi connectivity index (χ4n) is 1.23. The maximum absolute atomic E-state index is 8.75. The van der Waals surface area contributed by atoms with Crippen LogP contribution in [0.1, 0.15) is 11.4 Å². The summed E-state index contributed by atoms with van der Waals surface area (Å²) in [6.45, 7) is 0. The first-order valence-electron chi connectivity index (χ1n) is 4.08. The molecular formula is C9H8N4S. The van der Waals surface area contributed by atoms with Crippen molar-refractivity contribution in [3.05, 3.63) is 29.7 Å².